The molecule has 4 nitrogen and oxygen atoms in total. The minimum atomic E-state index is 0.259. The van der Waals surface area contributed by atoms with Crippen LogP contribution in [0.5, 0.6) is 0 Å². The Morgan fingerprint density at radius 3 is 2.73 bits per heavy atom. The number of para-hydroxylation sites is 2. The van der Waals surface area contributed by atoms with Crippen LogP contribution >= 0.6 is 11.8 Å². The van der Waals surface area contributed by atoms with Crippen molar-refractivity contribution in [3.63, 3.8) is 0 Å². The van der Waals surface area contributed by atoms with Crippen molar-refractivity contribution in [1.82, 2.24) is 14.5 Å². The molecule has 2 aliphatic rings. The Kier molecular flexibility index (Phi) is 3.60. The number of carbonyl (C=O) groups is 1. The summed E-state index contributed by atoms with van der Waals surface area (Å²) < 4.78 is 1.98. The van der Waals surface area contributed by atoms with E-state index in [-0.39, 0.29) is 5.91 Å². The normalized spacial score (nSPS) is 27.5. The fourth-order valence-electron chi connectivity index (χ4n) is 4.09. The number of hydrogen-bond acceptors (Lipinski definition) is 3. The second-order valence-corrected chi connectivity index (χ2v) is 7.51. The first kappa shape index (κ1) is 14.1. The summed E-state index contributed by atoms with van der Waals surface area (Å²) in [6.45, 7) is 0.414. The molecule has 0 N–H and O–H groups in total. The molecule has 2 bridgehead atoms. The first-order valence-electron chi connectivity index (χ1n) is 8.00. The fraction of sp³-hybridized carbons (Fsp3) is 0.529. The van der Waals surface area contributed by atoms with Crippen LogP contribution in [0.15, 0.2) is 30.6 Å². The van der Waals surface area contributed by atoms with Crippen LogP contribution in [0.4, 0.5) is 0 Å². The van der Waals surface area contributed by atoms with Crippen LogP contribution in [0.1, 0.15) is 25.7 Å². The highest BCUT2D eigenvalue weighted by molar-refractivity contribution is 7.99. The number of imidazole rings is 1. The van der Waals surface area contributed by atoms with Crippen LogP contribution in [0.3, 0.4) is 0 Å². The van der Waals surface area contributed by atoms with Gasteiger partial charge in [0, 0.05) is 17.3 Å². The average Bonchev–Trinajstić information content (AvgIpc) is 3.06. The Labute approximate surface area is 134 Å². The smallest absolute Gasteiger partial charge is 0.243 e. The lowest BCUT2D eigenvalue weighted by Gasteiger charge is -2.38. The summed E-state index contributed by atoms with van der Waals surface area (Å²) in [4.78, 5) is 19.4. The predicted molar refractivity (Wildman–Crippen MR) is 89.9 cm³/mol. The van der Waals surface area contributed by atoms with Crippen molar-refractivity contribution >= 4 is 28.7 Å². The molecule has 2 atom stereocenters. The second kappa shape index (κ2) is 5.61. The van der Waals surface area contributed by atoms with Gasteiger partial charge in [-0.2, -0.15) is 11.8 Å². The van der Waals surface area contributed by atoms with Gasteiger partial charge in [-0.15, -0.1) is 0 Å². The number of benzene rings is 1. The summed E-state index contributed by atoms with van der Waals surface area (Å²) in [6.07, 6.45) is 8.66. The number of aromatic nitrogens is 2. The number of nitrogens with zero attached hydrogens (tertiary/aromatic N) is 3. The van der Waals surface area contributed by atoms with Gasteiger partial charge in [-0.05, 0) is 44.1 Å². The molecule has 4 rings (SSSR count). The van der Waals surface area contributed by atoms with Gasteiger partial charge in [0.05, 0.1) is 17.4 Å². The molecule has 0 spiro atoms. The molecule has 2 saturated heterocycles. The topological polar surface area (TPSA) is 38.1 Å². The Balaban J connectivity index is 1.53. The Morgan fingerprint density at radius 1 is 1.27 bits per heavy atom. The minimum absolute atomic E-state index is 0.259. The van der Waals surface area contributed by atoms with Crippen molar-refractivity contribution in [3.05, 3.63) is 30.6 Å². The molecule has 22 heavy (non-hydrogen) atoms. The zero-order valence-electron chi connectivity index (χ0n) is 12.8. The summed E-state index contributed by atoms with van der Waals surface area (Å²) in [5, 5.41) is 0.732. The molecule has 1 aromatic carbocycles. The lowest BCUT2D eigenvalue weighted by molar-refractivity contribution is -0.136. The first-order valence-corrected chi connectivity index (χ1v) is 9.29. The van der Waals surface area contributed by atoms with E-state index < -0.39 is 0 Å². The van der Waals surface area contributed by atoms with Crippen molar-refractivity contribution in [2.75, 3.05) is 6.26 Å². The number of fused-ring (bicyclic) bond motifs is 3. The van der Waals surface area contributed by atoms with Crippen LogP contribution in [0, 0.1) is 0 Å². The van der Waals surface area contributed by atoms with Crippen LogP contribution in [-0.4, -0.2) is 43.9 Å². The van der Waals surface area contributed by atoms with E-state index in [1.165, 1.54) is 12.8 Å². The summed E-state index contributed by atoms with van der Waals surface area (Å²) in [7, 11) is 0. The van der Waals surface area contributed by atoms with Gasteiger partial charge in [-0.1, -0.05) is 12.1 Å². The summed E-state index contributed by atoms with van der Waals surface area (Å²) >= 11 is 1.96. The summed E-state index contributed by atoms with van der Waals surface area (Å²) in [5.41, 5.74) is 2.00. The molecular weight excluding hydrogens is 294 g/mol. The average molecular weight is 315 g/mol. The largest absolute Gasteiger partial charge is 0.335 e. The van der Waals surface area contributed by atoms with Crippen molar-refractivity contribution in [1.29, 1.82) is 0 Å². The standard InChI is InChI=1S/C17H21N3OS/c1-22-14-8-12-6-7-13(9-14)20(12)17(21)10-19-11-18-15-4-2-3-5-16(15)19/h2-5,11-14H,6-10H2,1H3. The van der Waals surface area contributed by atoms with Crippen molar-refractivity contribution in [3.8, 4) is 0 Å². The van der Waals surface area contributed by atoms with E-state index in [4.69, 9.17) is 0 Å². The van der Waals surface area contributed by atoms with E-state index in [0.717, 1.165) is 29.1 Å². The van der Waals surface area contributed by atoms with Crippen LogP contribution in [0.25, 0.3) is 11.0 Å². The number of carbonyl (C=O) groups excluding carboxylic acids is 1. The maximum Gasteiger partial charge on any atom is 0.243 e. The molecule has 2 aromatic rings. The highest BCUT2D eigenvalue weighted by Crippen LogP contribution is 2.39. The number of thioether (sulfide) groups is 1. The zero-order valence-corrected chi connectivity index (χ0v) is 13.6. The molecule has 0 radical (unpaired) electrons. The fourth-order valence-corrected chi connectivity index (χ4v) is 4.92. The molecule has 1 aromatic heterocycles. The van der Waals surface area contributed by atoms with Crippen molar-refractivity contribution in [2.45, 2.75) is 49.6 Å². The quantitative estimate of drug-likeness (QED) is 0.874. The van der Waals surface area contributed by atoms with Gasteiger partial charge in [0.2, 0.25) is 5.91 Å². The van der Waals surface area contributed by atoms with Crippen molar-refractivity contribution in [2.24, 2.45) is 0 Å². The summed E-state index contributed by atoms with van der Waals surface area (Å²) in [6, 6.07) is 8.92. The van der Waals surface area contributed by atoms with E-state index in [1.807, 2.05) is 40.6 Å². The molecule has 0 saturated carbocycles. The minimum Gasteiger partial charge on any atom is -0.335 e. The molecule has 2 fully saturated rings. The third-order valence-electron chi connectivity index (χ3n) is 5.14. The van der Waals surface area contributed by atoms with E-state index >= 15 is 0 Å². The second-order valence-electron chi connectivity index (χ2n) is 6.38. The third kappa shape index (κ3) is 2.32. The lowest BCUT2D eigenvalue weighted by atomic mass is 10.0. The molecule has 116 valence electrons. The lowest BCUT2D eigenvalue weighted by Crippen LogP contribution is -2.48. The van der Waals surface area contributed by atoms with E-state index in [9.17, 15) is 4.79 Å². The van der Waals surface area contributed by atoms with Crippen LogP contribution < -0.4 is 0 Å². The molecule has 2 unspecified atom stereocenters. The first-order chi connectivity index (χ1) is 10.8. The molecule has 3 heterocycles. The molecule has 0 aliphatic carbocycles. The van der Waals surface area contributed by atoms with Crippen LogP contribution in [-0.2, 0) is 11.3 Å². The number of rotatable bonds is 3. The number of hydrogen-bond donors (Lipinski definition) is 0. The molecule has 5 heteroatoms. The van der Waals surface area contributed by atoms with E-state index in [2.05, 4.69) is 16.1 Å². The van der Waals surface area contributed by atoms with Gasteiger partial charge in [0.25, 0.3) is 0 Å². The van der Waals surface area contributed by atoms with Gasteiger partial charge < -0.3 is 9.47 Å². The monoisotopic (exact) mass is 315 g/mol. The Bertz CT molecular complexity index is 684. The number of amides is 1. The number of piperidine rings is 1. The third-order valence-corrected chi connectivity index (χ3v) is 6.20. The maximum atomic E-state index is 12.8. The molecular formula is C17H21N3OS. The van der Waals surface area contributed by atoms with E-state index in [1.54, 1.807) is 6.33 Å². The van der Waals surface area contributed by atoms with Gasteiger partial charge in [0.1, 0.15) is 6.54 Å². The SMILES string of the molecule is CSC1CC2CCC(C1)N2C(=O)Cn1cnc2ccccc21. The van der Waals surface area contributed by atoms with Crippen LogP contribution in [0.2, 0.25) is 0 Å². The van der Waals surface area contributed by atoms with Gasteiger partial charge >= 0.3 is 0 Å². The zero-order chi connectivity index (χ0) is 15.1. The maximum absolute atomic E-state index is 12.8. The Hall–Kier alpha value is -1.49. The van der Waals surface area contributed by atoms with Gasteiger partial charge in [-0.3, -0.25) is 4.79 Å². The Morgan fingerprint density at radius 2 is 2.00 bits per heavy atom. The van der Waals surface area contributed by atoms with E-state index in [0.29, 0.717) is 18.6 Å². The molecule has 2 aliphatic heterocycles. The molecule has 1 amide bonds. The highest BCUT2D eigenvalue weighted by atomic mass is 32.2. The van der Waals surface area contributed by atoms with Gasteiger partial charge in [0.15, 0.2) is 0 Å². The van der Waals surface area contributed by atoms with Gasteiger partial charge in [-0.25, -0.2) is 4.98 Å². The predicted octanol–water partition coefficient (Wildman–Crippen LogP) is 2.92. The highest BCUT2D eigenvalue weighted by Gasteiger charge is 2.42. The van der Waals surface area contributed by atoms with Crippen molar-refractivity contribution < 1.29 is 4.79 Å². The summed E-state index contributed by atoms with van der Waals surface area (Å²) in [5.74, 6) is 0.259.